The molecule has 6 nitrogen and oxygen atoms in total. The highest BCUT2D eigenvalue weighted by Crippen LogP contribution is 2.41. The van der Waals surface area contributed by atoms with Gasteiger partial charge < -0.3 is 21.1 Å². The van der Waals surface area contributed by atoms with Gasteiger partial charge in [-0.2, -0.15) is 0 Å². The molecule has 7 heteroatoms. The fourth-order valence-electron chi connectivity index (χ4n) is 3.62. The van der Waals surface area contributed by atoms with E-state index in [9.17, 15) is 0 Å². The second-order valence-corrected chi connectivity index (χ2v) is 7.04. The summed E-state index contributed by atoms with van der Waals surface area (Å²) >= 11 is 0. The highest BCUT2D eigenvalue weighted by Gasteiger charge is 2.28. The normalized spacial score (nSPS) is 18.5. The molecule has 4 N–H and O–H groups in total. The second kappa shape index (κ2) is 7.15. The van der Waals surface area contributed by atoms with Gasteiger partial charge in [0.2, 0.25) is 0 Å². The van der Waals surface area contributed by atoms with E-state index in [0.717, 1.165) is 41.9 Å². The van der Waals surface area contributed by atoms with Crippen molar-refractivity contribution in [1.82, 2.24) is 9.97 Å². The highest BCUT2D eigenvalue weighted by atomic mass is 19.1. The SMILES string of the molecule is CNc1cc(C)nc(Nc2nc3c(c(C4=CC[C@H](N)CC4)c2F)OCC3)c1. The van der Waals surface area contributed by atoms with Gasteiger partial charge in [0.25, 0.3) is 0 Å². The van der Waals surface area contributed by atoms with Crippen molar-refractivity contribution in [1.29, 1.82) is 0 Å². The first-order valence-electron chi connectivity index (χ1n) is 9.28. The summed E-state index contributed by atoms with van der Waals surface area (Å²) in [5.41, 5.74) is 9.98. The number of nitrogens with two attached hydrogens (primary N) is 1. The summed E-state index contributed by atoms with van der Waals surface area (Å²) in [7, 11) is 1.84. The maximum atomic E-state index is 15.5. The van der Waals surface area contributed by atoms with Crippen molar-refractivity contribution in [3.05, 3.63) is 41.0 Å². The van der Waals surface area contributed by atoms with Gasteiger partial charge in [-0.05, 0) is 37.8 Å². The number of aromatic nitrogens is 2. The Morgan fingerprint density at radius 1 is 1.26 bits per heavy atom. The smallest absolute Gasteiger partial charge is 0.177 e. The zero-order valence-corrected chi connectivity index (χ0v) is 15.6. The van der Waals surface area contributed by atoms with Crippen LogP contribution in [0.4, 0.5) is 21.7 Å². The summed E-state index contributed by atoms with van der Waals surface area (Å²) in [6, 6.07) is 3.89. The van der Waals surface area contributed by atoms with Crippen LogP contribution < -0.4 is 21.1 Å². The van der Waals surface area contributed by atoms with Gasteiger partial charge in [-0.15, -0.1) is 0 Å². The van der Waals surface area contributed by atoms with Crippen LogP contribution in [0.5, 0.6) is 5.75 Å². The standard InChI is InChI=1S/C20H24FN5O/c1-11-9-14(23-2)10-16(24-11)26-20-18(21)17(12-3-5-13(22)6-4-12)19-15(25-20)7-8-27-19/h3,9-10,13H,4-8,22H2,1-2H3,(H2,23,24,25,26)/t13-/m0/s1. The van der Waals surface area contributed by atoms with Crippen molar-refractivity contribution in [3.63, 3.8) is 0 Å². The molecule has 1 atom stereocenters. The van der Waals surface area contributed by atoms with Crippen molar-refractivity contribution in [2.24, 2.45) is 5.73 Å². The van der Waals surface area contributed by atoms with E-state index in [0.29, 0.717) is 30.2 Å². The number of rotatable bonds is 4. The summed E-state index contributed by atoms with van der Waals surface area (Å²) in [5, 5.41) is 6.14. The van der Waals surface area contributed by atoms with Gasteiger partial charge in [-0.3, -0.25) is 0 Å². The van der Waals surface area contributed by atoms with Crippen molar-refractivity contribution in [2.45, 2.75) is 38.6 Å². The first-order chi connectivity index (χ1) is 13.0. The van der Waals surface area contributed by atoms with E-state index in [2.05, 4.69) is 20.6 Å². The molecule has 3 heterocycles. The Labute approximate surface area is 158 Å². The van der Waals surface area contributed by atoms with E-state index in [1.54, 1.807) is 0 Å². The van der Waals surface area contributed by atoms with Crippen LogP contribution in [-0.2, 0) is 6.42 Å². The van der Waals surface area contributed by atoms with E-state index < -0.39 is 5.82 Å². The van der Waals surface area contributed by atoms with E-state index >= 15 is 4.39 Å². The fourth-order valence-corrected chi connectivity index (χ4v) is 3.62. The summed E-state index contributed by atoms with van der Waals surface area (Å²) in [6.07, 6.45) is 5.04. The maximum absolute atomic E-state index is 15.5. The average molecular weight is 369 g/mol. The van der Waals surface area contributed by atoms with Gasteiger partial charge in [0, 0.05) is 37.0 Å². The van der Waals surface area contributed by atoms with Gasteiger partial charge in [0.1, 0.15) is 5.82 Å². The predicted octanol–water partition coefficient (Wildman–Crippen LogP) is 3.54. The molecular weight excluding hydrogens is 345 g/mol. The molecule has 2 aliphatic rings. The Morgan fingerprint density at radius 3 is 2.85 bits per heavy atom. The molecular formula is C20H24FN5O. The molecule has 1 aliphatic carbocycles. The Morgan fingerprint density at radius 2 is 2.11 bits per heavy atom. The number of nitrogens with zero attached hydrogens (tertiary/aromatic N) is 2. The molecule has 0 aromatic carbocycles. The minimum absolute atomic E-state index is 0.140. The van der Waals surface area contributed by atoms with Crippen LogP contribution in [0.1, 0.15) is 36.2 Å². The molecule has 27 heavy (non-hydrogen) atoms. The molecule has 0 saturated heterocycles. The number of hydrogen-bond donors (Lipinski definition) is 3. The fraction of sp³-hybridized carbons (Fsp3) is 0.400. The lowest BCUT2D eigenvalue weighted by atomic mass is 9.90. The number of fused-ring (bicyclic) bond motifs is 1. The molecule has 0 fully saturated rings. The Balaban J connectivity index is 1.76. The lowest BCUT2D eigenvalue weighted by molar-refractivity contribution is 0.354. The predicted molar refractivity (Wildman–Crippen MR) is 105 cm³/mol. The molecule has 4 rings (SSSR count). The van der Waals surface area contributed by atoms with Crippen LogP contribution in [0.25, 0.3) is 5.57 Å². The number of nitrogens with one attached hydrogen (secondary N) is 2. The lowest BCUT2D eigenvalue weighted by Crippen LogP contribution is -2.21. The largest absolute Gasteiger partial charge is 0.491 e. The number of anilines is 3. The molecule has 0 amide bonds. The van der Waals surface area contributed by atoms with Crippen LogP contribution in [0.3, 0.4) is 0 Å². The van der Waals surface area contributed by atoms with Crippen LogP contribution >= 0.6 is 0 Å². The summed E-state index contributed by atoms with van der Waals surface area (Å²) in [4.78, 5) is 8.92. The van der Waals surface area contributed by atoms with Gasteiger partial charge in [0.15, 0.2) is 17.4 Å². The first-order valence-corrected chi connectivity index (χ1v) is 9.28. The third kappa shape index (κ3) is 3.47. The number of allylic oxidation sites excluding steroid dienone is 1. The van der Waals surface area contributed by atoms with Crippen LogP contribution in [-0.4, -0.2) is 29.7 Å². The Hall–Kier alpha value is -2.67. The maximum Gasteiger partial charge on any atom is 0.177 e. The third-order valence-corrected chi connectivity index (χ3v) is 5.01. The zero-order chi connectivity index (χ0) is 19.0. The molecule has 142 valence electrons. The van der Waals surface area contributed by atoms with Crippen LogP contribution in [0.15, 0.2) is 18.2 Å². The molecule has 0 bridgehead atoms. The van der Waals surface area contributed by atoms with E-state index in [4.69, 9.17) is 10.5 Å². The second-order valence-electron chi connectivity index (χ2n) is 7.04. The average Bonchev–Trinajstić information content (AvgIpc) is 3.11. The monoisotopic (exact) mass is 369 g/mol. The number of halogens is 1. The van der Waals surface area contributed by atoms with Crippen molar-refractivity contribution in [2.75, 3.05) is 24.3 Å². The van der Waals surface area contributed by atoms with E-state index in [-0.39, 0.29) is 11.9 Å². The van der Waals surface area contributed by atoms with Gasteiger partial charge in [-0.25, -0.2) is 14.4 Å². The summed E-state index contributed by atoms with van der Waals surface area (Å²) in [5.74, 6) is 0.917. The first kappa shape index (κ1) is 17.7. The summed E-state index contributed by atoms with van der Waals surface area (Å²) in [6.45, 7) is 2.42. The van der Waals surface area contributed by atoms with Gasteiger partial charge >= 0.3 is 0 Å². The minimum Gasteiger partial charge on any atom is -0.491 e. The summed E-state index contributed by atoms with van der Waals surface area (Å²) < 4.78 is 21.2. The van der Waals surface area contributed by atoms with Crippen molar-refractivity contribution >= 4 is 22.9 Å². The molecule has 0 radical (unpaired) electrons. The molecule has 2 aromatic rings. The van der Waals surface area contributed by atoms with Crippen LogP contribution in [0, 0.1) is 12.7 Å². The number of pyridine rings is 2. The number of ether oxygens (including phenoxy) is 1. The lowest BCUT2D eigenvalue weighted by Gasteiger charge is -2.21. The van der Waals surface area contributed by atoms with Gasteiger partial charge in [0.05, 0.1) is 17.9 Å². The molecule has 0 saturated carbocycles. The van der Waals surface area contributed by atoms with Gasteiger partial charge in [-0.1, -0.05) is 6.08 Å². The topological polar surface area (TPSA) is 85.1 Å². The van der Waals surface area contributed by atoms with E-state index in [1.165, 1.54) is 0 Å². The molecule has 1 aliphatic heterocycles. The third-order valence-electron chi connectivity index (χ3n) is 5.01. The zero-order valence-electron chi connectivity index (χ0n) is 15.6. The Bertz CT molecular complexity index is 912. The van der Waals surface area contributed by atoms with Crippen molar-refractivity contribution < 1.29 is 9.13 Å². The number of hydrogen-bond acceptors (Lipinski definition) is 6. The molecule has 0 spiro atoms. The van der Waals surface area contributed by atoms with Crippen molar-refractivity contribution in [3.8, 4) is 5.75 Å². The minimum atomic E-state index is -0.397. The molecule has 0 unspecified atom stereocenters. The number of aryl methyl sites for hydroxylation is 1. The Kier molecular flexibility index (Phi) is 4.70. The highest BCUT2D eigenvalue weighted by molar-refractivity contribution is 5.76. The van der Waals surface area contributed by atoms with Crippen LogP contribution in [0.2, 0.25) is 0 Å². The van der Waals surface area contributed by atoms with E-state index in [1.807, 2.05) is 32.2 Å². The quantitative estimate of drug-likeness (QED) is 0.764. The molecule has 2 aromatic heterocycles.